The predicted octanol–water partition coefficient (Wildman–Crippen LogP) is 4.41. The molecule has 0 unspecified atom stereocenters. The molecule has 4 aromatic rings. The highest BCUT2D eigenvalue weighted by Gasteiger charge is 2.11. The maximum Gasteiger partial charge on any atom is 0.252 e. The molecule has 138 valence electrons. The molecule has 5 nitrogen and oxygen atoms in total. The van der Waals surface area contributed by atoms with Crippen molar-refractivity contribution < 1.29 is 4.79 Å². The Labute approximate surface area is 167 Å². The first-order valence-electron chi connectivity index (χ1n) is 8.79. The lowest BCUT2D eigenvalue weighted by Gasteiger charge is -2.08. The smallest absolute Gasteiger partial charge is 0.252 e. The third-order valence-corrected chi connectivity index (χ3v) is 5.27. The van der Waals surface area contributed by atoms with E-state index in [4.69, 9.17) is 0 Å². The number of pyridine rings is 2. The highest BCUT2D eigenvalue weighted by Crippen LogP contribution is 2.31. The van der Waals surface area contributed by atoms with Crippen molar-refractivity contribution in [3.05, 3.63) is 90.3 Å². The molecular weight excluding hydrogens is 368 g/mol. The molecule has 0 saturated heterocycles. The van der Waals surface area contributed by atoms with Crippen LogP contribution < -0.4 is 5.32 Å². The molecule has 3 aromatic heterocycles. The van der Waals surface area contributed by atoms with Crippen molar-refractivity contribution in [1.29, 1.82) is 0 Å². The van der Waals surface area contributed by atoms with Crippen molar-refractivity contribution in [1.82, 2.24) is 19.7 Å². The summed E-state index contributed by atoms with van der Waals surface area (Å²) in [6, 6.07) is 17.5. The lowest BCUT2D eigenvalue weighted by atomic mass is 10.2. The Morgan fingerprint density at radius 3 is 2.71 bits per heavy atom. The molecule has 1 amide bonds. The molecule has 28 heavy (non-hydrogen) atoms. The maximum atomic E-state index is 12.1. The van der Waals surface area contributed by atoms with Crippen molar-refractivity contribution in [2.45, 2.75) is 9.79 Å². The van der Waals surface area contributed by atoms with E-state index in [1.165, 1.54) is 0 Å². The summed E-state index contributed by atoms with van der Waals surface area (Å²) in [6.45, 7) is 0. The van der Waals surface area contributed by atoms with E-state index < -0.39 is 0 Å². The average molecular weight is 386 g/mol. The predicted molar refractivity (Wildman–Crippen MR) is 112 cm³/mol. The van der Waals surface area contributed by atoms with Gasteiger partial charge in [0.1, 0.15) is 0 Å². The Hall–Kier alpha value is -3.38. The summed E-state index contributed by atoms with van der Waals surface area (Å²) in [5.41, 5.74) is 3.45. The van der Waals surface area contributed by atoms with Crippen LogP contribution in [-0.4, -0.2) is 27.3 Å². The minimum absolute atomic E-state index is 0.0891. The lowest BCUT2D eigenvalue weighted by Crippen LogP contribution is -2.18. The topological polar surface area (TPSA) is 59.3 Å². The minimum atomic E-state index is -0.0891. The summed E-state index contributed by atoms with van der Waals surface area (Å²) in [4.78, 5) is 22.8. The normalized spacial score (nSPS) is 11.2. The number of nitrogens with zero attached hydrogens (tertiary/aromatic N) is 3. The second-order valence-electron chi connectivity index (χ2n) is 6.05. The van der Waals surface area contributed by atoms with Crippen molar-refractivity contribution in [2.75, 3.05) is 7.05 Å². The van der Waals surface area contributed by atoms with Gasteiger partial charge in [-0.2, -0.15) is 0 Å². The number of rotatable bonds is 5. The number of carbonyl (C=O) groups is 1. The van der Waals surface area contributed by atoms with Crippen molar-refractivity contribution in [2.24, 2.45) is 0 Å². The summed E-state index contributed by atoms with van der Waals surface area (Å²) in [7, 11) is 1.64. The Bertz CT molecular complexity index is 1150. The van der Waals surface area contributed by atoms with Crippen LogP contribution in [0, 0.1) is 0 Å². The molecule has 4 rings (SSSR count). The van der Waals surface area contributed by atoms with Crippen LogP contribution in [0.4, 0.5) is 0 Å². The van der Waals surface area contributed by atoms with Crippen LogP contribution in [0.5, 0.6) is 0 Å². The van der Waals surface area contributed by atoms with E-state index in [1.54, 1.807) is 31.3 Å². The standard InChI is InChI=1S/C22H18N4OS/c1-23-22(27)18-7-2-3-8-21(18)28-17-10-12-20-19(25-15-26(20)14-17)11-9-16-6-4-5-13-24-16/h2-15H,1H3,(H,23,27)/b11-9+. The van der Waals surface area contributed by atoms with E-state index >= 15 is 0 Å². The monoisotopic (exact) mass is 386 g/mol. The summed E-state index contributed by atoms with van der Waals surface area (Å²) >= 11 is 1.55. The Balaban J connectivity index is 1.60. The van der Waals surface area contributed by atoms with Gasteiger partial charge in [-0.3, -0.25) is 9.78 Å². The Kier molecular flexibility index (Phi) is 5.21. The third kappa shape index (κ3) is 3.82. The highest BCUT2D eigenvalue weighted by molar-refractivity contribution is 7.99. The van der Waals surface area contributed by atoms with E-state index in [0.29, 0.717) is 5.56 Å². The second-order valence-corrected chi connectivity index (χ2v) is 7.17. The molecule has 6 heteroatoms. The molecule has 0 radical (unpaired) electrons. The summed E-state index contributed by atoms with van der Waals surface area (Å²) < 4.78 is 1.99. The number of imidazole rings is 1. The molecular formula is C22H18N4OS. The number of carbonyl (C=O) groups excluding carboxylic acids is 1. The second kappa shape index (κ2) is 8.10. The molecule has 0 fully saturated rings. The van der Waals surface area contributed by atoms with Gasteiger partial charge in [0, 0.05) is 29.2 Å². The number of benzene rings is 1. The molecule has 1 aromatic carbocycles. The lowest BCUT2D eigenvalue weighted by molar-refractivity contribution is 0.0960. The highest BCUT2D eigenvalue weighted by atomic mass is 32.2. The Morgan fingerprint density at radius 1 is 1.04 bits per heavy atom. The van der Waals surface area contributed by atoms with Gasteiger partial charge < -0.3 is 9.72 Å². The number of nitrogens with one attached hydrogen (secondary N) is 1. The van der Waals surface area contributed by atoms with Gasteiger partial charge >= 0.3 is 0 Å². The fraction of sp³-hybridized carbons (Fsp3) is 0.0455. The molecule has 1 N–H and O–H groups in total. The molecule has 0 aliphatic carbocycles. The minimum Gasteiger partial charge on any atom is -0.355 e. The van der Waals surface area contributed by atoms with Gasteiger partial charge in [0.25, 0.3) is 5.91 Å². The fourth-order valence-electron chi connectivity index (χ4n) is 2.83. The molecule has 3 heterocycles. The Morgan fingerprint density at radius 2 is 1.89 bits per heavy atom. The van der Waals surface area contributed by atoms with Crippen LogP contribution in [0.1, 0.15) is 21.7 Å². The number of aromatic nitrogens is 3. The fourth-order valence-corrected chi connectivity index (χ4v) is 3.81. The largest absolute Gasteiger partial charge is 0.355 e. The molecule has 0 aliphatic heterocycles. The number of hydrogen-bond donors (Lipinski definition) is 1. The summed E-state index contributed by atoms with van der Waals surface area (Å²) in [5.74, 6) is -0.0891. The number of amides is 1. The zero-order valence-corrected chi connectivity index (χ0v) is 16.1. The van der Waals surface area contributed by atoms with Gasteiger partial charge in [-0.1, -0.05) is 30.0 Å². The zero-order valence-electron chi connectivity index (χ0n) is 15.2. The van der Waals surface area contributed by atoms with Crippen molar-refractivity contribution in [3.8, 4) is 0 Å². The third-order valence-electron chi connectivity index (χ3n) is 4.22. The van der Waals surface area contributed by atoms with Gasteiger partial charge in [-0.05, 0) is 48.6 Å². The van der Waals surface area contributed by atoms with E-state index in [1.807, 2.05) is 77.3 Å². The van der Waals surface area contributed by atoms with E-state index in [2.05, 4.69) is 15.3 Å². The SMILES string of the molecule is CNC(=O)c1ccccc1Sc1ccc2c(/C=C/c3ccccn3)ncn2c1. The van der Waals surface area contributed by atoms with Crippen LogP contribution in [0.3, 0.4) is 0 Å². The zero-order chi connectivity index (χ0) is 19.3. The van der Waals surface area contributed by atoms with Gasteiger partial charge in [-0.25, -0.2) is 4.98 Å². The first kappa shape index (κ1) is 18.0. The van der Waals surface area contributed by atoms with Gasteiger partial charge in [0.2, 0.25) is 0 Å². The number of hydrogen-bond acceptors (Lipinski definition) is 4. The van der Waals surface area contributed by atoms with E-state index in [0.717, 1.165) is 26.7 Å². The van der Waals surface area contributed by atoms with E-state index in [-0.39, 0.29) is 5.91 Å². The van der Waals surface area contributed by atoms with Crippen molar-refractivity contribution >= 4 is 35.3 Å². The van der Waals surface area contributed by atoms with Crippen LogP contribution in [0.15, 0.2) is 83.1 Å². The first-order valence-corrected chi connectivity index (χ1v) is 9.61. The van der Waals surface area contributed by atoms with Crippen LogP contribution in [0.25, 0.3) is 17.7 Å². The van der Waals surface area contributed by atoms with Gasteiger partial charge in [-0.15, -0.1) is 0 Å². The number of fused-ring (bicyclic) bond motifs is 1. The van der Waals surface area contributed by atoms with Gasteiger partial charge in [0.15, 0.2) is 0 Å². The summed E-state index contributed by atoms with van der Waals surface area (Å²) in [5, 5.41) is 2.69. The molecule has 0 bridgehead atoms. The van der Waals surface area contributed by atoms with E-state index in [9.17, 15) is 4.79 Å². The quantitative estimate of drug-likeness (QED) is 0.552. The summed E-state index contributed by atoms with van der Waals surface area (Å²) in [6.07, 6.45) is 9.49. The molecule has 0 spiro atoms. The molecule has 0 aliphatic rings. The van der Waals surface area contributed by atoms with Gasteiger partial charge in [0.05, 0.1) is 28.8 Å². The molecule has 0 atom stereocenters. The first-order chi connectivity index (χ1) is 13.7. The molecule has 0 saturated carbocycles. The maximum absolute atomic E-state index is 12.1. The van der Waals surface area contributed by atoms with Crippen molar-refractivity contribution in [3.63, 3.8) is 0 Å². The average Bonchev–Trinajstić information content (AvgIpc) is 3.15. The van der Waals surface area contributed by atoms with Crippen LogP contribution >= 0.6 is 11.8 Å². The van der Waals surface area contributed by atoms with Crippen LogP contribution in [0.2, 0.25) is 0 Å². The van der Waals surface area contributed by atoms with Crippen LogP contribution in [-0.2, 0) is 0 Å².